The second kappa shape index (κ2) is 10.0. The van der Waals surface area contributed by atoms with E-state index >= 15 is 0 Å². The van der Waals surface area contributed by atoms with Gasteiger partial charge in [0.2, 0.25) is 5.91 Å². The third kappa shape index (κ3) is 5.80. The first-order chi connectivity index (χ1) is 13.9. The molecule has 0 aliphatic rings. The molecule has 3 rings (SSSR count). The van der Waals surface area contributed by atoms with E-state index in [9.17, 15) is 4.79 Å². The van der Waals surface area contributed by atoms with E-state index in [0.717, 1.165) is 10.7 Å². The minimum absolute atomic E-state index is 0.0917. The molecular formula is C19H16Cl4N4OS. The Hall–Kier alpha value is -1.44. The second-order valence-corrected chi connectivity index (χ2v) is 8.61. The van der Waals surface area contributed by atoms with Gasteiger partial charge in [0.05, 0.1) is 26.5 Å². The molecule has 0 bridgehead atoms. The van der Waals surface area contributed by atoms with Gasteiger partial charge in [-0.3, -0.25) is 4.79 Å². The number of thioether (sulfide) groups is 1. The molecule has 29 heavy (non-hydrogen) atoms. The molecule has 0 aliphatic heterocycles. The number of carbonyl (C=O) groups excluding carboxylic acids is 1. The Labute approximate surface area is 192 Å². The first-order valence-corrected chi connectivity index (χ1v) is 11.1. The van der Waals surface area contributed by atoms with Crippen LogP contribution >= 0.6 is 58.2 Å². The minimum Gasteiger partial charge on any atom is -0.326 e. The Balaban J connectivity index is 1.65. The number of carbonyl (C=O) groups is 1. The Morgan fingerprint density at radius 2 is 1.69 bits per heavy atom. The van der Waals surface area contributed by atoms with Crippen LogP contribution in [0.15, 0.2) is 41.6 Å². The molecule has 0 fully saturated rings. The van der Waals surface area contributed by atoms with Crippen molar-refractivity contribution >= 4 is 69.8 Å². The van der Waals surface area contributed by atoms with E-state index in [0.29, 0.717) is 43.9 Å². The summed E-state index contributed by atoms with van der Waals surface area (Å²) in [7, 11) is 0. The molecule has 5 nitrogen and oxygen atoms in total. The lowest BCUT2D eigenvalue weighted by atomic mass is 10.2. The number of nitrogens with zero attached hydrogens (tertiary/aromatic N) is 3. The molecule has 10 heteroatoms. The summed E-state index contributed by atoms with van der Waals surface area (Å²) in [6.07, 6.45) is 0.0917. The van der Waals surface area contributed by atoms with Crippen LogP contribution in [-0.2, 0) is 23.5 Å². The van der Waals surface area contributed by atoms with Gasteiger partial charge in [-0.2, -0.15) is 0 Å². The number of halogens is 4. The summed E-state index contributed by atoms with van der Waals surface area (Å²) < 4.78 is 1.91. The Bertz CT molecular complexity index is 1040. The highest BCUT2D eigenvalue weighted by Gasteiger charge is 2.15. The third-order valence-electron chi connectivity index (χ3n) is 3.98. The van der Waals surface area contributed by atoms with Gasteiger partial charge in [-0.05, 0) is 42.8 Å². The van der Waals surface area contributed by atoms with E-state index in [2.05, 4.69) is 15.5 Å². The molecule has 0 saturated carbocycles. The van der Waals surface area contributed by atoms with Crippen LogP contribution in [0.4, 0.5) is 5.69 Å². The maximum Gasteiger partial charge on any atom is 0.232 e. The summed E-state index contributed by atoms with van der Waals surface area (Å²) in [6.45, 7) is 2.62. The fraction of sp³-hybridized carbons (Fsp3) is 0.211. The van der Waals surface area contributed by atoms with Gasteiger partial charge in [-0.1, -0.05) is 64.2 Å². The van der Waals surface area contributed by atoms with Gasteiger partial charge in [0.25, 0.3) is 0 Å². The number of nitrogens with one attached hydrogen (secondary N) is 1. The zero-order chi connectivity index (χ0) is 21.0. The van der Waals surface area contributed by atoms with Crippen molar-refractivity contribution in [2.45, 2.75) is 30.8 Å². The molecule has 0 atom stereocenters. The number of hydrogen-bond donors (Lipinski definition) is 1. The van der Waals surface area contributed by atoms with Crippen molar-refractivity contribution < 1.29 is 4.79 Å². The van der Waals surface area contributed by atoms with Gasteiger partial charge < -0.3 is 9.88 Å². The maximum absolute atomic E-state index is 12.4. The fourth-order valence-corrected chi connectivity index (χ4v) is 4.16. The summed E-state index contributed by atoms with van der Waals surface area (Å²) in [5.74, 6) is 1.03. The maximum atomic E-state index is 12.4. The van der Waals surface area contributed by atoms with E-state index in [4.69, 9.17) is 46.4 Å². The number of rotatable bonds is 7. The van der Waals surface area contributed by atoms with E-state index in [1.54, 1.807) is 24.3 Å². The molecule has 2 aromatic carbocycles. The summed E-state index contributed by atoms with van der Waals surface area (Å²) in [4.78, 5) is 12.4. The van der Waals surface area contributed by atoms with Crippen molar-refractivity contribution in [3.63, 3.8) is 0 Å². The number of amides is 1. The van der Waals surface area contributed by atoms with Crippen molar-refractivity contribution in [1.82, 2.24) is 14.8 Å². The topological polar surface area (TPSA) is 59.8 Å². The first kappa shape index (κ1) is 22.2. The highest BCUT2D eigenvalue weighted by atomic mass is 35.5. The highest BCUT2D eigenvalue weighted by Crippen LogP contribution is 2.28. The standard InChI is InChI=1S/C19H16Cl4N4OS/c1-2-27-17(9-18(28)24-12-4-6-14(21)16(23)8-12)25-26-19(27)29-10-11-3-5-13(20)15(22)7-11/h3-8H,2,9-10H2,1H3,(H,24,28). The zero-order valence-electron chi connectivity index (χ0n) is 15.3. The predicted octanol–water partition coefficient (Wildman–Crippen LogP) is 6.39. The van der Waals surface area contributed by atoms with Crippen molar-refractivity contribution in [3.05, 3.63) is 67.9 Å². The largest absolute Gasteiger partial charge is 0.326 e. The van der Waals surface area contributed by atoms with Crippen LogP contribution in [0.5, 0.6) is 0 Å². The average Bonchev–Trinajstić information content (AvgIpc) is 3.07. The van der Waals surface area contributed by atoms with Crippen LogP contribution < -0.4 is 5.32 Å². The van der Waals surface area contributed by atoms with Gasteiger partial charge in [-0.25, -0.2) is 0 Å². The molecule has 0 saturated heterocycles. The van der Waals surface area contributed by atoms with Gasteiger partial charge in [0, 0.05) is 18.0 Å². The minimum atomic E-state index is -0.216. The van der Waals surface area contributed by atoms with Crippen LogP contribution in [0.3, 0.4) is 0 Å². The monoisotopic (exact) mass is 488 g/mol. The molecule has 1 heterocycles. The first-order valence-electron chi connectivity index (χ1n) is 8.61. The predicted molar refractivity (Wildman–Crippen MR) is 121 cm³/mol. The molecule has 0 spiro atoms. The van der Waals surface area contributed by atoms with E-state index in [1.165, 1.54) is 11.8 Å². The van der Waals surface area contributed by atoms with E-state index in [-0.39, 0.29) is 12.3 Å². The summed E-state index contributed by atoms with van der Waals surface area (Å²) in [5.41, 5.74) is 1.59. The lowest BCUT2D eigenvalue weighted by Gasteiger charge is -2.09. The summed E-state index contributed by atoms with van der Waals surface area (Å²) in [6, 6.07) is 10.4. The quantitative estimate of drug-likeness (QED) is 0.391. The van der Waals surface area contributed by atoms with Crippen molar-refractivity contribution in [3.8, 4) is 0 Å². The normalized spacial score (nSPS) is 10.9. The lowest BCUT2D eigenvalue weighted by molar-refractivity contribution is -0.115. The fourth-order valence-electron chi connectivity index (χ4n) is 2.57. The molecule has 0 aliphatic carbocycles. The molecule has 1 N–H and O–H groups in total. The van der Waals surface area contributed by atoms with Crippen LogP contribution in [0.2, 0.25) is 20.1 Å². The Kier molecular flexibility index (Phi) is 7.71. The molecule has 0 radical (unpaired) electrons. The molecule has 0 unspecified atom stereocenters. The van der Waals surface area contributed by atoms with Crippen LogP contribution in [0.1, 0.15) is 18.3 Å². The molecule has 3 aromatic rings. The van der Waals surface area contributed by atoms with Gasteiger partial charge in [0.15, 0.2) is 5.16 Å². The van der Waals surface area contributed by atoms with Crippen LogP contribution in [-0.4, -0.2) is 20.7 Å². The van der Waals surface area contributed by atoms with E-state index < -0.39 is 0 Å². The number of benzene rings is 2. The molecule has 1 aromatic heterocycles. The summed E-state index contributed by atoms with van der Waals surface area (Å²) >= 11 is 25.4. The van der Waals surface area contributed by atoms with Gasteiger partial charge >= 0.3 is 0 Å². The second-order valence-electron chi connectivity index (χ2n) is 6.03. The molecule has 152 valence electrons. The average molecular weight is 490 g/mol. The Morgan fingerprint density at radius 1 is 1.00 bits per heavy atom. The molecular weight excluding hydrogens is 474 g/mol. The van der Waals surface area contributed by atoms with Gasteiger partial charge in [0.1, 0.15) is 5.82 Å². The smallest absolute Gasteiger partial charge is 0.232 e. The number of anilines is 1. The third-order valence-corrected chi connectivity index (χ3v) is 6.50. The highest BCUT2D eigenvalue weighted by molar-refractivity contribution is 7.98. The number of hydrogen-bond acceptors (Lipinski definition) is 4. The van der Waals surface area contributed by atoms with Gasteiger partial charge in [-0.15, -0.1) is 10.2 Å². The van der Waals surface area contributed by atoms with Crippen molar-refractivity contribution in [2.75, 3.05) is 5.32 Å². The Morgan fingerprint density at radius 3 is 2.34 bits per heavy atom. The lowest BCUT2D eigenvalue weighted by Crippen LogP contribution is -2.17. The molecule has 1 amide bonds. The van der Waals surface area contributed by atoms with E-state index in [1.807, 2.05) is 23.6 Å². The van der Waals surface area contributed by atoms with Crippen LogP contribution in [0.25, 0.3) is 0 Å². The van der Waals surface area contributed by atoms with Crippen LogP contribution in [0, 0.1) is 0 Å². The number of aromatic nitrogens is 3. The van der Waals surface area contributed by atoms with Crippen molar-refractivity contribution in [1.29, 1.82) is 0 Å². The summed E-state index contributed by atoms with van der Waals surface area (Å²) in [5, 5.41) is 13.8. The SMILES string of the molecule is CCn1c(CC(=O)Nc2ccc(Cl)c(Cl)c2)nnc1SCc1ccc(Cl)c(Cl)c1. The van der Waals surface area contributed by atoms with Crippen molar-refractivity contribution in [2.24, 2.45) is 0 Å². The zero-order valence-corrected chi connectivity index (χ0v) is 19.1.